The summed E-state index contributed by atoms with van der Waals surface area (Å²) in [7, 11) is 0. The van der Waals surface area contributed by atoms with E-state index >= 15 is 0 Å². The Morgan fingerprint density at radius 2 is 2.33 bits per heavy atom. The number of ether oxygens (including phenoxy) is 2. The molecule has 3 nitrogen and oxygen atoms in total. The summed E-state index contributed by atoms with van der Waals surface area (Å²) in [6, 6.07) is 8.00. The number of allylic oxidation sites excluding steroid dienone is 1. The first-order valence-corrected chi connectivity index (χ1v) is 6.53. The maximum atomic E-state index is 6.07. The van der Waals surface area contributed by atoms with Crippen molar-refractivity contribution in [2.24, 2.45) is 5.73 Å². The van der Waals surface area contributed by atoms with Gasteiger partial charge in [-0.05, 0) is 43.5 Å². The number of benzene rings is 1. The molecule has 0 amide bonds. The summed E-state index contributed by atoms with van der Waals surface area (Å²) in [5, 5.41) is 0. The Morgan fingerprint density at radius 1 is 1.44 bits per heavy atom. The van der Waals surface area contributed by atoms with Crippen molar-refractivity contribution in [1.82, 2.24) is 0 Å². The Balaban J connectivity index is 1.76. The van der Waals surface area contributed by atoms with Gasteiger partial charge < -0.3 is 15.2 Å². The number of nitrogens with two attached hydrogens (primary N) is 1. The summed E-state index contributed by atoms with van der Waals surface area (Å²) in [6.07, 6.45) is 5.04. The topological polar surface area (TPSA) is 44.5 Å². The summed E-state index contributed by atoms with van der Waals surface area (Å²) in [5.41, 5.74) is 7.27. The molecule has 18 heavy (non-hydrogen) atoms. The highest BCUT2D eigenvalue weighted by atomic mass is 16.5. The Kier molecular flexibility index (Phi) is 4.65. The van der Waals surface area contributed by atoms with Crippen molar-refractivity contribution < 1.29 is 9.47 Å². The lowest BCUT2D eigenvalue weighted by atomic mass is 10.1. The maximum absolute atomic E-state index is 6.07. The largest absolute Gasteiger partial charge is 0.497 e. The van der Waals surface area contributed by atoms with E-state index in [2.05, 4.69) is 19.1 Å². The van der Waals surface area contributed by atoms with Gasteiger partial charge in [0, 0.05) is 6.42 Å². The van der Waals surface area contributed by atoms with Crippen molar-refractivity contribution in [2.75, 3.05) is 13.2 Å². The Hall–Kier alpha value is -1.48. The van der Waals surface area contributed by atoms with Crippen molar-refractivity contribution in [3.63, 3.8) is 0 Å². The number of rotatable bonds is 5. The molecule has 0 spiro atoms. The third-order valence-corrected chi connectivity index (χ3v) is 3.02. The van der Waals surface area contributed by atoms with E-state index in [4.69, 9.17) is 15.2 Å². The highest BCUT2D eigenvalue weighted by Gasteiger charge is 2.13. The van der Waals surface area contributed by atoms with Crippen LogP contribution in [0.15, 0.2) is 36.1 Å². The zero-order valence-corrected chi connectivity index (χ0v) is 10.9. The van der Waals surface area contributed by atoms with Crippen molar-refractivity contribution in [3.05, 3.63) is 41.7 Å². The van der Waals surface area contributed by atoms with Crippen molar-refractivity contribution in [1.29, 1.82) is 0 Å². The quantitative estimate of drug-likeness (QED) is 0.870. The van der Waals surface area contributed by atoms with E-state index in [0.717, 1.165) is 37.4 Å². The van der Waals surface area contributed by atoms with Crippen LogP contribution in [0.2, 0.25) is 0 Å². The van der Waals surface area contributed by atoms with Gasteiger partial charge in [-0.3, -0.25) is 0 Å². The summed E-state index contributed by atoms with van der Waals surface area (Å²) in [6.45, 7) is 3.46. The van der Waals surface area contributed by atoms with Gasteiger partial charge >= 0.3 is 0 Å². The van der Waals surface area contributed by atoms with Crippen LogP contribution in [0.4, 0.5) is 0 Å². The summed E-state index contributed by atoms with van der Waals surface area (Å²) >= 11 is 0. The second-order valence-corrected chi connectivity index (χ2v) is 4.66. The van der Waals surface area contributed by atoms with Gasteiger partial charge in [0.15, 0.2) is 0 Å². The van der Waals surface area contributed by atoms with Crippen LogP contribution in [0, 0.1) is 6.92 Å². The highest BCUT2D eigenvalue weighted by Crippen LogP contribution is 2.16. The standard InChI is InChI=1S/C15H21NO2/c1-12-5-4-6-13(11-12)17-10-8-14(16)15-7-2-3-9-18-15/h4-7,11,14H,2-3,8-10,16H2,1H3. The minimum atomic E-state index is -0.0462. The molecule has 0 bridgehead atoms. The van der Waals surface area contributed by atoms with Gasteiger partial charge in [0.05, 0.1) is 19.3 Å². The van der Waals surface area contributed by atoms with E-state index < -0.39 is 0 Å². The van der Waals surface area contributed by atoms with Gasteiger partial charge in [0.25, 0.3) is 0 Å². The smallest absolute Gasteiger partial charge is 0.119 e. The fraction of sp³-hybridized carbons (Fsp3) is 0.467. The van der Waals surface area contributed by atoms with Crippen LogP contribution < -0.4 is 10.5 Å². The molecule has 0 saturated heterocycles. The molecule has 1 aromatic carbocycles. The lowest BCUT2D eigenvalue weighted by Crippen LogP contribution is -2.28. The van der Waals surface area contributed by atoms with Crippen LogP contribution in [0.25, 0.3) is 0 Å². The molecule has 0 radical (unpaired) electrons. The van der Waals surface area contributed by atoms with E-state index in [1.807, 2.05) is 18.2 Å². The first-order valence-electron chi connectivity index (χ1n) is 6.53. The molecule has 1 aliphatic rings. The van der Waals surface area contributed by atoms with Crippen LogP contribution in [-0.4, -0.2) is 19.3 Å². The highest BCUT2D eigenvalue weighted by molar-refractivity contribution is 5.27. The minimum absolute atomic E-state index is 0.0462. The molecule has 2 rings (SSSR count). The number of hydrogen-bond donors (Lipinski definition) is 1. The molecule has 0 saturated carbocycles. The molecule has 1 unspecified atom stereocenters. The molecule has 1 aliphatic heterocycles. The number of hydrogen-bond acceptors (Lipinski definition) is 3. The van der Waals surface area contributed by atoms with Gasteiger partial charge in [-0.2, -0.15) is 0 Å². The van der Waals surface area contributed by atoms with E-state index in [-0.39, 0.29) is 6.04 Å². The van der Waals surface area contributed by atoms with Crippen LogP contribution in [-0.2, 0) is 4.74 Å². The zero-order valence-electron chi connectivity index (χ0n) is 10.9. The lowest BCUT2D eigenvalue weighted by molar-refractivity contribution is 0.167. The molecule has 0 fully saturated rings. The predicted molar refractivity (Wildman–Crippen MR) is 72.5 cm³/mol. The van der Waals surface area contributed by atoms with Crippen LogP contribution >= 0.6 is 0 Å². The molecule has 2 N–H and O–H groups in total. The molecule has 1 atom stereocenters. The SMILES string of the molecule is Cc1cccc(OCCC(N)C2=CCCCO2)c1. The zero-order chi connectivity index (χ0) is 12.8. The maximum Gasteiger partial charge on any atom is 0.119 e. The minimum Gasteiger partial charge on any atom is -0.497 e. The lowest BCUT2D eigenvalue weighted by Gasteiger charge is -2.20. The van der Waals surface area contributed by atoms with Gasteiger partial charge in [0.2, 0.25) is 0 Å². The Morgan fingerprint density at radius 3 is 3.06 bits per heavy atom. The van der Waals surface area contributed by atoms with Gasteiger partial charge in [-0.1, -0.05) is 12.1 Å². The fourth-order valence-corrected chi connectivity index (χ4v) is 1.99. The van der Waals surface area contributed by atoms with Crippen molar-refractivity contribution in [2.45, 2.75) is 32.2 Å². The molecular weight excluding hydrogens is 226 g/mol. The predicted octanol–water partition coefficient (Wildman–Crippen LogP) is 2.79. The molecule has 0 aromatic heterocycles. The molecule has 1 heterocycles. The molecule has 1 aromatic rings. The molecular formula is C15H21NO2. The number of aryl methyl sites for hydroxylation is 1. The summed E-state index contributed by atoms with van der Waals surface area (Å²) in [4.78, 5) is 0. The van der Waals surface area contributed by atoms with E-state index in [9.17, 15) is 0 Å². The van der Waals surface area contributed by atoms with E-state index in [1.165, 1.54) is 5.56 Å². The van der Waals surface area contributed by atoms with E-state index in [1.54, 1.807) is 0 Å². The van der Waals surface area contributed by atoms with Crippen molar-refractivity contribution in [3.8, 4) is 5.75 Å². The van der Waals surface area contributed by atoms with Gasteiger partial charge in [-0.25, -0.2) is 0 Å². The molecule has 98 valence electrons. The summed E-state index contributed by atoms with van der Waals surface area (Å²) in [5.74, 6) is 1.83. The van der Waals surface area contributed by atoms with Crippen LogP contribution in [0.1, 0.15) is 24.8 Å². The third-order valence-electron chi connectivity index (χ3n) is 3.02. The Labute approximate surface area is 109 Å². The Bertz CT molecular complexity index is 415. The molecule has 0 aliphatic carbocycles. The second-order valence-electron chi connectivity index (χ2n) is 4.66. The van der Waals surface area contributed by atoms with Crippen molar-refractivity contribution >= 4 is 0 Å². The first-order chi connectivity index (χ1) is 8.75. The normalized spacial score (nSPS) is 16.7. The monoisotopic (exact) mass is 247 g/mol. The van der Waals surface area contributed by atoms with Crippen LogP contribution in [0.5, 0.6) is 5.75 Å². The van der Waals surface area contributed by atoms with Crippen LogP contribution in [0.3, 0.4) is 0 Å². The first kappa shape index (κ1) is 13.0. The fourth-order valence-electron chi connectivity index (χ4n) is 1.99. The average Bonchev–Trinajstić information content (AvgIpc) is 2.40. The van der Waals surface area contributed by atoms with Gasteiger partial charge in [-0.15, -0.1) is 0 Å². The van der Waals surface area contributed by atoms with Gasteiger partial charge in [0.1, 0.15) is 11.5 Å². The third kappa shape index (κ3) is 3.77. The summed E-state index contributed by atoms with van der Waals surface area (Å²) < 4.78 is 11.2. The average molecular weight is 247 g/mol. The molecule has 3 heteroatoms. The van der Waals surface area contributed by atoms with E-state index in [0.29, 0.717) is 6.61 Å². The second kappa shape index (κ2) is 6.45.